The average Bonchev–Trinajstić information content (AvgIpc) is 2.68. The highest BCUT2D eigenvalue weighted by atomic mass is 35.5. The minimum atomic E-state index is -1.11. The van der Waals surface area contributed by atoms with Crippen molar-refractivity contribution in [2.45, 2.75) is 26.2 Å². The van der Waals surface area contributed by atoms with E-state index in [4.69, 9.17) is 11.6 Å². The maximum Gasteiger partial charge on any atom is 0.340 e. The van der Waals surface area contributed by atoms with Crippen molar-refractivity contribution in [3.63, 3.8) is 0 Å². The van der Waals surface area contributed by atoms with Gasteiger partial charge in [-0.05, 0) is 6.07 Å². The van der Waals surface area contributed by atoms with E-state index in [2.05, 4.69) is 15.1 Å². The van der Waals surface area contributed by atoms with Crippen molar-refractivity contribution in [1.82, 2.24) is 19.7 Å². The first-order valence-electron chi connectivity index (χ1n) is 5.62. The summed E-state index contributed by atoms with van der Waals surface area (Å²) >= 11 is 6.10. The quantitative estimate of drug-likeness (QED) is 0.913. The molecule has 0 bridgehead atoms. The van der Waals surface area contributed by atoms with Gasteiger partial charge in [0.05, 0.1) is 5.69 Å². The molecule has 100 valence electrons. The summed E-state index contributed by atoms with van der Waals surface area (Å²) in [6, 6.07) is 1.66. The summed E-state index contributed by atoms with van der Waals surface area (Å²) in [4.78, 5) is 19.4. The summed E-state index contributed by atoms with van der Waals surface area (Å²) in [5.74, 6) is -0.873. The molecule has 0 fully saturated rings. The molecule has 0 aliphatic rings. The standard InChI is InChI=1S/C12H13ClN4O2/c1-12(2,3)8-7(10(18)19)9(13)17(16-8)11-14-5-4-6-15-11/h4-6H,1-3H3,(H,18,19). The first kappa shape index (κ1) is 13.5. The van der Waals surface area contributed by atoms with Crippen LogP contribution in [0.1, 0.15) is 36.8 Å². The number of rotatable bonds is 2. The number of aromatic nitrogens is 4. The first-order chi connectivity index (χ1) is 8.82. The third kappa shape index (κ3) is 2.44. The number of carboxylic acids is 1. The molecule has 2 heterocycles. The Hall–Kier alpha value is -1.95. The fourth-order valence-corrected chi connectivity index (χ4v) is 1.93. The van der Waals surface area contributed by atoms with Gasteiger partial charge < -0.3 is 5.11 Å². The van der Waals surface area contributed by atoms with Crippen LogP contribution in [0.5, 0.6) is 0 Å². The van der Waals surface area contributed by atoms with Gasteiger partial charge in [-0.25, -0.2) is 14.8 Å². The fourth-order valence-electron chi connectivity index (χ4n) is 1.65. The molecular formula is C12H13ClN4O2. The Morgan fingerprint density at radius 1 is 1.32 bits per heavy atom. The topological polar surface area (TPSA) is 80.9 Å². The molecule has 0 spiro atoms. The maximum absolute atomic E-state index is 11.4. The van der Waals surface area contributed by atoms with Gasteiger partial charge in [-0.1, -0.05) is 32.4 Å². The summed E-state index contributed by atoms with van der Waals surface area (Å²) in [7, 11) is 0. The van der Waals surface area contributed by atoms with Crippen LogP contribution in [0.2, 0.25) is 5.15 Å². The van der Waals surface area contributed by atoms with Crippen molar-refractivity contribution in [2.75, 3.05) is 0 Å². The average molecular weight is 281 g/mol. The van der Waals surface area contributed by atoms with Crippen LogP contribution in [0.25, 0.3) is 5.95 Å². The van der Waals surface area contributed by atoms with Crippen molar-refractivity contribution >= 4 is 17.6 Å². The number of carbonyl (C=O) groups is 1. The molecule has 0 unspecified atom stereocenters. The van der Waals surface area contributed by atoms with Crippen LogP contribution in [-0.4, -0.2) is 30.8 Å². The van der Waals surface area contributed by atoms with Crippen LogP contribution in [0, 0.1) is 0 Å². The minimum Gasteiger partial charge on any atom is -0.478 e. The van der Waals surface area contributed by atoms with E-state index in [9.17, 15) is 9.90 Å². The highest BCUT2D eigenvalue weighted by Gasteiger charge is 2.30. The zero-order valence-corrected chi connectivity index (χ0v) is 11.5. The Labute approximate surface area is 115 Å². The van der Waals surface area contributed by atoms with Crippen LogP contribution < -0.4 is 0 Å². The van der Waals surface area contributed by atoms with Gasteiger partial charge in [-0.15, -0.1) is 0 Å². The van der Waals surface area contributed by atoms with E-state index in [-0.39, 0.29) is 16.7 Å². The van der Waals surface area contributed by atoms with Gasteiger partial charge in [0.15, 0.2) is 5.15 Å². The van der Waals surface area contributed by atoms with Gasteiger partial charge in [0, 0.05) is 17.8 Å². The van der Waals surface area contributed by atoms with E-state index in [1.54, 1.807) is 6.07 Å². The Kier molecular flexibility index (Phi) is 3.28. The molecule has 2 aromatic heterocycles. The van der Waals surface area contributed by atoms with Crippen LogP contribution in [-0.2, 0) is 5.41 Å². The van der Waals surface area contributed by atoms with Crippen molar-refractivity contribution in [2.24, 2.45) is 0 Å². The predicted molar refractivity (Wildman–Crippen MR) is 69.8 cm³/mol. The molecule has 0 aliphatic carbocycles. The number of hydrogen-bond donors (Lipinski definition) is 1. The third-order valence-corrected chi connectivity index (χ3v) is 2.84. The Morgan fingerprint density at radius 3 is 2.32 bits per heavy atom. The summed E-state index contributed by atoms with van der Waals surface area (Å²) in [6.45, 7) is 5.61. The maximum atomic E-state index is 11.4. The first-order valence-corrected chi connectivity index (χ1v) is 6.00. The van der Waals surface area contributed by atoms with E-state index < -0.39 is 11.4 Å². The molecule has 7 heteroatoms. The highest BCUT2D eigenvalue weighted by Crippen LogP contribution is 2.30. The molecule has 0 radical (unpaired) electrons. The van der Waals surface area contributed by atoms with Gasteiger partial charge in [-0.2, -0.15) is 9.78 Å². The van der Waals surface area contributed by atoms with Crippen molar-refractivity contribution in [1.29, 1.82) is 0 Å². The van der Waals surface area contributed by atoms with Crippen LogP contribution >= 0.6 is 11.6 Å². The van der Waals surface area contributed by atoms with Crippen LogP contribution in [0.4, 0.5) is 0 Å². The number of halogens is 1. The van der Waals surface area contributed by atoms with E-state index in [1.165, 1.54) is 17.1 Å². The Bertz CT molecular complexity index is 617. The highest BCUT2D eigenvalue weighted by molar-refractivity contribution is 6.32. The number of hydrogen-bond acceptors (Lipinski definition) is 4. The second kappa shape index (κ2) is 4.62. The van der Waals surface area contributed by atoms with E-state index in [0.29, 0.717) is 5.69 Å². The number of aromatic carboxylic acids is 1. The predicted octanol–water partition coefficient (Wildman–Crippen LogP) is 2.31. The molecule has 6 nitrogen and oxygen atoms in total. The second-order valence-corrected chi connectivity index (χ2v) is 5.39. The second-order valence-electron chi connectivity index (χ2n) is 5.03. The minimum absolute atomic E-state index is 0.00336. The largest absolute Gasteiger partial charge is 0.478 e. The summed E-state index contributed by atoms with van der Waals surface area (Å²) in [6.07, 6.45) is 3.08. The molecule has 0 amide bonds. The zero-order valence-electron chi connectivity index (χ0n) is 10.8. The lowest BCUT2D eigenvalue weighted by molar-refractivity contribution is 0.0694. The van der Waals surface area contributed by atoms with Crippen LogP contribution in [0.15, 0.2) is 18.5 Å². The van der Waals surface area contributed by atoms with Gasteiger partial charge >= 0.3 is 5.97 Å². The van der Waals surface area contributed by atoms with Gasteiger partial charge in [0.25, 0.3) is 5.95 Å². The van der Waals surface area contributed by atoms with Gasteiger partial charge in [0.1, 0.15) is 5.56 Å². The molecule has 0 saturated heterocycles. The molecule has 19 heavy (non-hydrogen) atoms. The monoisotopic (exact) mass is 280 g/mol. The summed E-state index contributed by atoms with van der Waals surface area (Å²) < 4.78 is 1.24. The van der Waals surface area contributed by atoms with Crippen molar-refractivity contribution in [3.05, 3.63) is 34.9 Å². The molecule has 2 aromatic rings. The third-order valence-electron chi connectivity index (χ3n) is 2.49. The van der Waals surface area contributed by atoms with E-state index in [0.717, 1.165) is 0 Å². The Balaban J connectivity index is 2.70. The SMILES string of the molecule is CC(C)(C)c1nn(-c2ncccn2)c(Cl)c1C(=O)O. The molecule has 0 aromatic carbocycles. The Morgan fingerprint density at radius 2 is 1.89 bits per heavy atom. The molecule has 0 aliphatic heterocycles. The normalized spacial score (nSPS) is 11.6. The number of carboxylic acid groups (broad SMARTS) is 1. The lowest BCUT2D eigenvalue weighted by atomic mass is 9.89. The molecule has 2 rings (SSSR count). The summed E-state index contributed by atoms with van der Waals surface area (Å²) in [5.41, 5.74) is -0.0590. The lowest BCUT2D eigenvalue weighted by Gasteiger charge is -2.15. The van der Waals surface area contributed by atoms with Gasteiger partial charge in [-0.3, -0.25) is 0 Å². The summed E-state index contributed by atoms with van der Waals surface area (Å²) in [5, 5.41) is 13.5. The smallest absolute Gasteiger partial charge is 0.340 e. The van der Waals surface area contributed by atoms with Crippen LogP contribution in [0.3, 0.4) is 0 Å². The molecule has 1 N–H and O–H groups in total. The fraction of sp³-hybridized carbons (Fsp3) is 0.333. The van der Waals surface area contributed by atoms with E-state index in [1.807, 2.05) is 20.8 Å². The van der Waals surface area contributed by atoms with Crippen molar-refractivity contribution in [3.8, 4) is 5.95 Å². The lowest BCUT2D eigenvalue weighted by Crippen LogP contribution is -2.16. The molecular weight excluding hydrogens is 268 g/mol. The molecule has 0 saturated carbocycles. The van der Waals surface area contributed by atoms with Gasteiger partial charge in [0.2, 0.25) is 0 Å². The zero-order chi connectivity index (χ0) is 14.2. The van der Waals surface area contributed by atoms with Crippen molar-refractivity contribution < 1.29 is 9.90 Å². The number of nitrogens with zero attached hydrogens (tertiary/aromatic N) is 4. The molecule has 0 atom stereocenters. The van der Waals surface area contributed by atoms with E-state index >= 15 is 0 Å².